The number of nitrogens with zero attached hydrogens (tertiary/aromatic N) is 2. The number of piperidine rings is 1. The average molecular weight is 452 g/mol. The van der Waals surface area contributed by atoms with Crippen molar-refractivity contribution in [2.75, 3.05) is 20.1 Å². The number of H-pyrrole nitrogens is 1. The summed E-state index contributed by atoms with van der Waals surface area (Å²) < 4.78 is 20.6. The minimum atomic E-state index is -0.549. The van der Waals surface area contributed by atoms with Crippen LogP contribution in [0.1, 0.15) is 31.4 Å². The highest BCUT2D eigenvalue weighted by molar-refractivity contribution is 5.97. The molecule has 1 atom stereocenters. The van der Waals surface area contributed by atoms with Crippen LogP contribution in [0, 0.1) is 18.2 Å². The van der Waals surface area contributed by atoms with E-state index in [2.05, 4.69) is 41.1 Å². The van der Waals surface area contributed by atoms with Gasteiger partial charge in [-0.2, -0.15) is 0 Å². The van der Waals surface area contributed by atoms with Crippen molar-refractivity contribution in [3.8, 4) is 11.5 Å². The lowest BCUT2D eigenvalue weighted by atomic mass is 9.79. The lowest BCUT2D eigenvalue weighted by molar-refractivity contribution is -0.119. The Morgan fingerprint density at radius 1 is 1.36 bits per heavy atom. The van der Waals surface area contributed by atoms with Gasteiger partial charge in [0.15, 0.2) is 11.6 Å². The topological polar surface area (TPSA) is 96.3 Å². The number of benzene rings is 1. The summed E-state index contributed by atoms with van der Waals surface area (Å²) in [6.07, 6.45) is 5.76. The number of aryl methyl sites for hydroxylation is 1. The summed E-state index contributed by atoms with van der Waals surface area (Å²) in [7, 11) is 2.08. The molecular formula is C25H30FN5O2. The third-order valence-corrected chi connectivity index (χ3v) is 6.22. The number of halogens is 1. The monoisotopic (exact) mass is 451 g/mol. The summed E-state index contributed by atoms with van der Waals surface area (Å²) in [6.45, 7) is 8.00. The van der Waals surface area contributed by atoms with E-state index in [0.717, 1.165) is 30.5 Å². The maximum Gasteiger partial charge on any atom is 0.267 e. The number of likely N-dealkylation sites (tertiary alicyclic amines) is 1. The second-order valence-electron chi connectivity index (χ2n) is 9.44. The van der Waals surface area contributed by atoms with Gasteiger partial charge in [-0.1, -0.05) is 19.9 Å². The van der Waals surface area contributed by atoms with Crippen LogP contribution in [-0.4, -0.2) is 47.0 Å². The Morgan fingerprint density at radius 2 is 2.15 bits per heavy atom. The van der Waals surface area contributed by atoms with Crippen molar-refractivity contribution in [1.29, 1.82) is 0 Å². The Hall–Kier alpha value is -3.39. The molecule has 0 aliphatic carbocycles. The van der Waals surface area contributed by atoms with Crippen molar-refractivity contribution in [1.82, 2.24) is 20.2 Å². The molecule has 1 aliphatic rings. The van der Waals surface area contributed by atoms with Gasteiger partial charge < -0.3 is 25.7 Å². The van der Waals surface area contributed by atoms with Crippen molar-refractivity contribution in [3.05, 3.63) is 59.3 Å². The number of rotatable bonds is 5. The second kappa shape index (κ2) is 8.86. The number of nitrogens with one attached hydrogen (secondary N) is 2. The van der Waals surface area contributed by atoms with Gasteiger partial charge in [0.1, 0.15) is 11.4 Å². The van der Waals surface area contributed by atoms with Crippen molar-refractivity contribution in [2.24, 2.45) is 11.1 Å². The van der Waals surface area contributed by atoms with E-state index in [1.165, 1.54) is 18.2 Å². The van der Waals surface area contributed by atoms with Crippen LogP contribution < -0.4 is 15.8 Å². The van der Waals surface area contributed by atoms with Gasteiger partial charge in [0.2, 0.25) is 0 Å². The van der Waals surface area contributed by atoms with Crippen molar-refractivity contribution < 1.29 is 13.9 Å². The number of hydrogen-bond acceptors (Lipinski definition) is 5. The minimum Gasteiger partial charge on any atom is -0.453 e. The van der Waals surface area contributed by atoms with Crippen LogP contribution in [0.4, 0.5) is 4.39 Å². The first-order valence-electron chi connectivity index (χ1n) is 11.0. The number of pyridine rings is 1. The van der Waals surface area contributed by atoms with Gasteiger partial charge in [0, 0.05) is 25.0 Å². The number of aromatic amines is 1. The van der Waals surface area contributed by atoms with E-state index in [4.69, 9.17) is 10.5 Å². The summed E-state index contributed by atoms with van der Waals surface area (Å²) in [5.74, 6) is -0.302. The van der Waals surface area contributed by atoms with Crippen LogP contribution in [0.15, 0.2) is 42.4 Å². The summed E-state index contributed by atoms with van der Waals surface area (Å²) in [6, 6.07) is 6.22. The fourth-order valence-electron chi connectivity index (χ4n) is 4.46. The molecule has 0 saturated carbocycles. The van der Waals surface area contributed by atoms with Gasteiger partial charge in [0.25, 0.3) is 5.91 Å². The third-order valence-electron chi connectivity index (χ3n) is 6.22. The molecule has 1 aliphatic heterocycles. The Morgan fingerprint density at radius 3 is 2.88 bits per heavy atom. The van der Waals surface area contributed by atoms with Crippen LogP contribution in [0.2, 0.25) is 0 Å². The van der Waals surface area contributed by atoms with E-state index in [1.54, 1.807) is 18.3 Å². The molecule has 174 valence electrons. The first kappa shape index (κ1) is 22.8. The zero-order chi connectivity index (χ0) is 23.8. The van der Waals surface area contributed by atoms with Crippen molar-refractivity contribution >= 4 is 23.0 Å². The Balaban J connectivity index is 1.48. The molecule has 1 saturated heterocycles. The highest BCUT2D eigenvalue weighted by Gasteiger charge is 2.35. The molecule has 4 rings (SSSR count). The zero-order valence-corrected chi connectivity index (χ0v) is 19.4. The van der Waals surface area contributed by atoms with Crippen molar-refractivity contribution in [3.63, 3.8) is 0 Å². The van der Waals surface area contributed by atoms with Gasteiger partial charge in [-0.25, -0.2) is 9.37 Å². The lowest BCUT2D eigenvalue weighted by Crippen LogP contribution is -2.55. The molecule has 7 nitrogen and oxygen atoms in total. The van der Waals surface area contributed by atoms with Crippen LogP contribution in [0.3, 0.4) is 0 Å². The molecule has 1 fully saturated rings. The summed E-state index contributed by atoms with van der Waals surface area (Å²) in [4.78, 5) is 22.2. The molecule has 2 aromatic heterocycles. The first-order valence-corrected chi connectivity index (χ1v) is 11.0. The molecule has 0 radical (unpaired) electrons. The number of ether oxygens (including phenoxy) is 1. The second-order valence-corrected chi connectivity index (χ2v) is 9.44. The molecule has 4 N–H and O–H groups in total. The number of hydrogen-bond donors (Lipinski definition) is 3. The van der Waals surface area contributed by atoms with Gasteiger partial charge >= 0.3 is 0 Å². The maximum atomic E-state index is 14.8. The number of aromatic nitrogens is 2. The molecule has 1 amide bonds. The quantitative estimate of drug-likeness (QED) is 0.511. The van der Waals surface area contributed by atoms with E-state index < -0.39 is 5.82 Å². The Kier molecular flexibility index (Phi) is 6.12. The smallest absolute Gasteiger partial charge is 0.267 e. The molecule has 0 spiro atoms. The minimum absolute atomic E-state index is 0.0229. The number of nitrogens with two attached hydrogens (primary N) is 1. The van der Waals surface area contributed by atoms with Crippen LogP contribution in [0.25, 0.3) is 17.1 Å². The number of carbonyl (C=O) groups is 1. The van der Waals surface area contributed by atoms with E-state index in [1.807, 2.05) is 13.1 Å². The fourth-order valence-corrected chi connectivity index (χ4v) is 4.46. The molecule has 1 unspecified atom stereocenters. The SMILES string of the molecule is Cc1c[nH]c2nccc(Oc3ccc(C=C(N)C(=O)NC4CCN(C)CC4(C)C)cc3F)c12. The molecule has 0 bridgehead atoms. The summed E-state index contributed by atoms with van der Waals surface area (Å²) in [5, 5.41) is 3.85. The molecule has 33 heavy (non-hydrogen) atoms. The zero-order valence-electron chi connectivity index (χ0n) is 19.4. The lowest BCUT2D eigenvalue weighted by Gasteiger charge is -2.43. The Bertz CT molecular complexity index is 1220. The van der Waals surface area contributed by atoms with E-state index in [0.29, 0.717) is 17.0 Å². The van der Waals surface area contributed by atoms with E-state index in [-0.39, 0.29) is 28.8 Å². The van der Waals surface area contributed by atoms with Gasteiger partial charge in [-0.05, 0) is 67.8 Å². The number of amides is 1. The predicted molar refractivity (Wildman–Crippen MR) is 127 cm³/mol. The van der Waals surface area contributed by atoms with Gasteiger partial charge in [-0.15, -0.1) is 0 Å². The van der Waals surface area contributed by atoms with Crippen LogP contribution in [-0.2, 0) is 4.79 Å². The molecule has 3 heterocycles. The maximum absolute atomic E-state index is 14.8. The fraction of sp³-hybridized carbons (Fsp3) is 0.360. The van der Waals surface area contributed by atoms with Gasteiger partial charge in [-0.3, -0.25) is 4.79 Å². The number of carbonyl (C=O) groups excluding carboxylic acids is 1. The third kappa shape index (κ3) is 4.85. The molecule has 8 heteroatoms. The highest BCUT2D eigenvalue weighted by Crippen LogP contribution is 2.32. The van der Waals surface area contributed by atoms with E-state index in [9.17, 15) is 9.18 Å². The first-order chi connectivity index (χ1) is 15.6. The molecule has 3 aromatic rings. The Labute approximate surface area is 192 Å². The van der Waals surface area contributed by atoms with Gasteiger partial charge in [0.05, 0.1) is 11.1 Å². The average Bonchev–Trinajstić information content (AvgIpc) is 3.13. The summed E-state index contributed by atoms with van der Waals surface area (Å²) >= 11 is 0. The largest absolute Gasteiger partial charge is 0.453 e. The van der Waals surface area contributed by atoms with E-state index >= 15 is 0 Å². The van der Waals surface area contributed by atoms with Crippen LogP contribution in [0.5, 0.6) is 11.5 Å². The predicted octanol–water partition coefficient (Wildman–Crippen LogP) is 3.95. The number of fused-ring (bicyclic) bond motifs is 1. The molecular weight excluding hydrogens is 421 g/mol. The molecule has 1 aromatic carbocycles. The van der Waals surface area contributed by atoms with Crippen LogP contribution >= 0.6 is 0 Å². The van der Waals surface area contributed by atoms with Crippen molar-refractivity contribution in [2.45, 2.75) is 33.2 Å². The highest BCUT2D eigenvalue weighted by atomic mass is 19.1. The summed E-state index contributed by atoms with van der Waals surface area (Å²) in [5.41, 5.74) is 8.12. The standard InChI is InChI=1S/C25H30FN5O2/c1-15-13-29-23-22(15)20(7-9-28-23)33-19-6-5-16(11-17(19)26)12-18(27)24(32)30-21-8-10-31(4)14-25(21,2)3/h5-7,9,11-13,21H,8,10,14,27H2,1-4H3,(H,28,29)(H,30,32). The normalized spacial score (nSPS) is 18.9.